The molecule has 1 aromatic carbocycles. The Hall–Kier alpha value is -1.77. The molecule has 0 N–H and O–H groups in total. The molecule has 3 heteroatoms. The minimum absolute atomic E-state index is 0.619. The van der Waals surface area contributed by atoms with E-state index in [4.69, 9.17) is 4.74 Å². The lowest BCUT2D eigenvalue weighted by Gasteiger charge is -2.02. The summed E-state index contributed by atoms with van der Waals surface area (Å²) >= 11 is 0. The predicted octanol–water partition coefficient (Wildman–Crippen LogP) is 0.848. The average Bonchev–Trinajstić information content (AvgIpc) is 2.17. The highest BCUT2D eigenvalue weighted by atomic mass is 16.5. The number of carboxylic acid groups (broad SMARTS) is 1. The summed E-state index contributed by atoms with van der Waals surface area (Å²) in [5.74, 6) is -0.419. The van der Waals surface area contributed by atoms with Crippen LogP contribution in [0.15, 0.2) is 30.3 Å². The summed E-state index contributed by atoms with van der Waals surface area (Å²) in [6, 6.07) is 7.14. The van der Waals surface area contributed by atoms with E-state index < -0.39 is 5.97 Å². The molecule has 1 aromatic rings. The van der Waals surface area contributed by atoms with Crippen LogP contribution in [-0.2, 0) is 4.79 Å². The third-order valence-electron chi connectivity index (χ3n) is 1.60. The number of carboxylic acids is 1. The molecular weight excluding hydrogens is 180 g/mol. The quantitative estimate of drug-likeness (QED) is 0.663. The summed E-state index contributed by atoms with van der Waals surface area (Å²) in [4.78, 5) is 10.1. The van der Waals surface area contributed by atoms with E-state index in [1.807, 2.05) is 6.92 Å². The zero-order chi connectivity index (χ0) is 10.4. The smallest absolute Gasteiger partial charge is 0.119 e. The van der Waals surface area contributed by atoms with Crippen molar-refractivity contribution in [1.29, 1.82) is 0 Å². The van der Waals surface area contributed by atoms with E-state index in [1.165, 1.54) is 6.08 Å². The Balaban J connectivity index is 2.68. The number of hydrogen-bond acceptors (Lipinski definition) is 3. The molecule has 0 aliphatic heterocycles. The van der Waals surface area contributed by atoms with Gasteiger partial charge in [0.1, 0.15) is 5.75 Å². The third kappa shape index (κ3) is 3.31. The average molecular weight is 191 g/mol. The molecule has 0 fully saturated rings. The first-order valence-electron chi connectivity index (χ1n) is 4.34. The van der Waals surface area contributed by atoms with Gasteiger partial charge in [0.2, 0.25) is 0 Å². The van der Waals surface area contributed by atoms with Gasteiger partial charge in [-0.05, 0) is 30.7 Å². The van der Waals surface area contributed by atoms with E-state index in [2.05, 4.69) is 0 Å². The highest BCUT2D eigenvalue weighted by molar-refractivity contribution is 5.83. The summed E-state index contributed by atoms with van der Waals surface area (Å²) in [5.41, 5.74) is 0.803. The Morgan fingerprint density at radius 2 is 2.07 bits per heavy atom. The number of ether oxygens (including phenoxy) is 1. The van der Waals surface area contributed by atoms with Gasteiger partial charge in [0.15, 0.2) is 0 Å². The van der Waals surface area contributed by atoms with Crippen LogP contribution >= 0.6 is 0 Å². The van der Waals surface area contributed by atoms with E-state index in [0.717, 1.165) is 17.4 Å². The molecule has 0 bridgehead atoms. The minimum atomic E-state index is -1.20. The molecule has 0 saturated carbocycles. The first-order chi connectivity index (χ1) is 6.72. The fourth-order valence-corrected chi connectivity index (χ4v) is 1.01. The normalized spacial score (nSPS) is 10.4. The Labute approximate surface area is 82.6 Å². The first kappa shape index (κ1) is 10.3. The van der Waals surface area contributed by atoms with Crippen LogP contribution in [0.2, 0.25) is 0 Å². The van der Waals surface area contributed by atoms with Crippen molar-refractivity contribution in [3.05, 3.63) is 35.9 Å². The molecule has 0 radical (unpaired) electrons. The van der Waals surface area contributed by atoms with Gasteiger partial charge >= 0.3 is 0 Å². The molecule has 3 nitrogen and oxygen atoms in total. The molecule has 0 amide bonds. The number of hydrogen-bond donors (Lipinski definition) is 0. The maximum Gasteiger partial charge on any atom is 0.119 e. The molecule has 0 aromatic heterocycles. The monoisotopic (exact) mass is 191 g/mol. The largest absolute Gasteiger partial charge is 0.545 e. The standard InChI is InChI=1S/C11H12O3/c1-2-14-10-6-3-9(4-7-10)5-8-11(12)13/h3-8H,2H2,1H3,(H,12,13)/p-1/b8-5+. The van der Waals surface area contributed by atoms with Gasteiger partial charge in [-0.3, -0.25) is 0 Å². The fraction of sp³-hybridized carbons (Fsp3) is 0.182. The molecule has 0 aliphatic rings. The Morgan fingerprint density at radius 1 is 1.43 bits per heavy atom. The molecule has 0 heterocycles. The summed E-state index contributed by atoms with van der Waals surface area (Å²) in [6.45, 7) is 2.53. The van der Waals surface area contributed by atoms with Gasteiger partial charge in [-0.2, -0.15) is 0 Å². The van der Waals surface area contributed by atoms with Gasteiger partial charge in [0, 0.05) is 0 Å². The molecule has 0 spiro atoms. The fourth-order valence-electron chi connectivity index (χ4n) is 1.01. The van der Waals surface area contributed by atoms with Gasteiger partial charge < -0.3 is 14.6 Å². The Kier molecular flexibility index (Phi) is 3.73. The molecule has 0 saturated heterocycles. The van der Waals surface area contributed by atoms with E-state index >= 15 is 0 Å². The van der Waals surface area contributed by atoms with E-state index in [0.29, 0.717) is 6.61 Å². The van der Waals surface area contributed by atoms with Crippen molar-refractivity contribution in [3.8, 4) is 5.75 Å². The lowest BCUT2D eigenvalue weighted by Crippen LogP contribution is -2.18. The van der Waals surface area contributed by atoms with Crippen LogP contribution in [0.1, 0.15) is 12.5 Å². The zero-order valence-electron chi connectivity index (χ0n) is 7.90. The van der Waals surface area contributed by atoms with Gasteiger partial charge in [-0.1, -0.05) is 18.2 Å². The van der Waals surface area contributed by atoms with Crippen LogP contribution in [0.5, 0.6) is 5.75 Å². The number of carbonyl (C=O) groups is 1. The van der Waals surface area contributed by atoms with E-state index in [1.54, 1.807) is 24.3 Å². The van der Waals surface area contributed by atoms with E-state index in [9.17, 15) is 9.90 Å². The highest BCUT2D eigenvalue weighted by Crippen LogP contribution is 2.12. The number of aliphatic carboxylic acids is 1. The molecule has 0 aliphatic carbocycles. The van der Waals surface area contributed by atoms with Crippen LogP contribution in [0.4, 0.5) is 0 Å². The van der Waals surface area contributed by atoms with Crippen LogP contribution in [-0.4, -0.2) is 12.6 Å². The molecular formula is C11H11O3-. The predicted molar refractivity (Wildman–Crippen MR) is 51.7 cm³/mol. The van der Waals surface area contributed by atoms with Gasteiger partial charge in [-0.25, -0.2) is 0 Å². The van der Waals surface area contributed by atoms with Crippen molar-refractivity contribution in [3.63, 3.8) is 0 Å². The van der Waals surface area contributed by atoms with Crippen molar-refractivity contribution in [2.75, 3.05) is 6.61 Å². The lowest BCUT2D eigenvalue weighted by molar-refractivity contribution is -0.297. The Morgan fingerprint density at radius 3 is 2.57 bits per heavy atom. The molecule has 0 atom stereocenters. The second kappa shape index (κ2) is 5.07. The highest BCUT2D eigenvalue weighted by Gasteiger charge is 1.90. The van der Waals surface area contributed by atoms with Crippen LogP contribution in [0.25, 0.3) is 6.08 Å². The maximum absolute atomic E-state index is 10.1. The minimum Gasteiger partial charge on any atom is -0.545 e. The SMILES string of the molecule is CCOc1ccc(/C=C/C(=O)[O-])cc1. The summed E-state index contributed by atoms with van der Waals surface area (Å²) in [6.07, 6.45) is 2.47. The van der Waals surface area contributed by atoms with Gasteiger partial charge in [0.25, 0.3) is 0 Å². The molecule has 14 heavy (non-hydrogen) atoms. The Bertz CT molecular complexity index is 325. The van der Waals surface area contributed by atoms with Crippen molar-refractivity contribution in [2.45, 2.75) is 6.92 Å². The second-order valence-electron chi connectivity index (χ2n) is 2.65. The van der Waals surface area contributed by atoms with Crippen molar-refractivity contribution in [2.24, 2.45) is 0 Å². The number of benzene rings is 1. The first-order valence-corrected chi connectivity index (χ1v) is 4.34. The van der Waals surface area contributed by atoms with Crippen molar-refractivity contribution in [1.82, 2.24) is 0 Å². The maximum atomic E-state index is 10.1. The van der Waals surface area contributed by atoms with Crippen LogP contribution < -0.4 is 9.84 Å². The summed E-state index contributed by atoms with van der Waals surface area (Å²) in [5, 5.41) is 10.1. The van der Waals surface area contributed by atoms with Crippen LogP contribution in [0, 0.1) is 0 Å². The van der Waals surface area contributed by atoms with Gasteiger partial charge in [-0.15, -0.1) is 0 Å². The third-order valence-corrected chi connectivity index (χ3v) is 1.60. The lowest BCUT2D eigenvalue weighted by atomic mass is 10.2. The summed E-state index contributed by atoms with van der Waals surface area (Å²) < 4.78 is 5.23. The van der Waals surface area contributed by atoms with E-state index in [-0.39, 0.29) is 0 Å². The zero-order valence-corrected chi connectivity index (χ0v) is 7.90. The van der Waals surface area contributed by atoms with Crippen LogP contribution in [0.3, 0.4) is 0 Å². The number of rotatable bonds is 4. The van der Waals surface area contributed by atoms with Crippen molar-refractivity contribution >= 4 is 12.0 Å². The molecule has 0 unspecified atom stereocenters. The second-order valence-corrected chi connectivity index (χ2v) is 2.65. The molecule has 74 valence electrons. The van der Waals surface area contributed by atoms with Crippen molar-refractivity contribution < 1.29 is 14.6 Å². The topological polar surface area (TPSA) is 49.4 Å². The molecule has 1 rings (SSSR count). The van der Waals surface area contributed by atoms with Gasteiger partial charge in [0.05, 0.1) is 12.6 Å². The summed E-state index contributed by atoms with van der Waals surface area (Å²) in [7, 11) is 0. The number of carbonyl (C=O) groups excluding carboxylic acids is 1.